The van der Waals surface area contributed by atoms with Crippen LogP contribution in [0.15, 0.2) is 120 Å². The Morgan fingerprint density at radius 2 is 1.16 bits per heavy atom. The van der Waals surface area contributed by atoms with Crippen molar-refractivity contribution in [2.75, 3.05) is 0 Å². The van der Waals surface area contributed by atoms with Crippen molar-refractivity contribution in [1.82, 2.24) is 0 Å². The Morgan fingerprint density at radius 1 is 0.667 bits per heavy atom. The van der Waals surface area contributed by atoms with E-state index in [4.69, 9.17) is 0 Å². The summed E-state index contributed by atoms with van der Waals surface area (Å²) in [5, 5.41) is 5.46. The molecule has 0 radical (unpaired) electrons. The van der Waals surface area contributed by atoms with Gasteiger partial charge >= 0.3 is 99.2 Å². The van der Waals surface area contributed by atoms with Crippen LogP contribution in [0.5, 0.6) is 0 Å². The Hall–Kier alpha value is -2.44. The summed E-state index contributed by atoms with van der Waals surface area (Å²) in [6, 6.07) is 36.7. The van der Waals surface area contributed by atoms with E-state index in [1.165, 1.54) is 115 Å². The van der Waals surface area contributed by atoms with Crippen LogP contribution in [0, 0.1) is 25.8 Å². The number of hydrogen-bond donors (Lipinski definition) is 0. The quantitative estimate of drug-likeness (QED) is 0.178. The van der Waals surface area contributed by atoms with Crippen LogP contribution in [-0.2, 0) is 24.2 Å². The normalized spacial score (nSPS) is 13.4. The zero-order chi connectivity index (χ0) is 30.6. The molecule has 5 aromatic rings. The third kappa shape index (κ3) is 11.1. The molecule has 0 aromatic heterocycles. The molecule has 234 valence electrons. The number of hydrogen-bond acceptors (Lipinski definition) is 0. The zero-order valence-corrected chi connectivity index (χ0v) is 31.4. The molecule has 0 nitrogen and oxygen atoms in total. The molecule has 1 aliphatic rings. The number of benzene rings is 4. The van der Waals surface area contributed by atoms with Crippen molar-refractivity contribution in [1.29, 1.82) is 0 Å². The number of fused-ring (bicyclic) bond motifs is 3. The van der Waals surface area contributed by atoms with Gasteiger partial charge < -0.3 is 24.8 Å². The number of allylic oxidation sites excluding steroid dienone is 4. The van der Waals surface area contributed by atoms with E-state index in [1.807, 2.05) is 0 Å². The fourth-order valence-electron chi connectivity index (χ4n) is 5.79. The molecule has 0 saturated carbocycles. The zero-order valence-electron chi connectivity index (χ0n) is 27.5. The van der Waals surface area contributed by atoms with Gasteiger partial charge in [-0.3, -0.25) is 6.08 Å². The molecular formula is C42H46Cl2Zr-2. The molecule has 45 heavy (non-hydrogen) atoms. The molecule has 0 spiro atoms. The Bertz CT molecular complexity index is 1560. The third-order valence-electron chi connectivity index (χ3n) is 7.91. The van der Waals surface area contributed by atoms with E-state index in [2.05, 4.69) is 150 Å². The average Bonchev–Trinajstić information content (AvgIpc) is 3.58. The van der Waals surface area contributed by atoms with E-state index in [9.17, 15) is 0 Å². The van der Waals surface area contributed by atoms with Crippen LogP contribution >= 0.6 is 0 Å². The van der Waals surface area contributed by atoms with Crippen LogP contribution < -0.4 is 24.8 Å². The fraction of sp³-hybridized carbons (Fsp3) is 0.286. The van der Waals surface area contributed by atoms with Crippen molar-refractivity contribution in [2.45, 2.75) is 73.1 Å². The number of rotatable bonds is 8. The van der Waals surface area contributed by atoms with E-state index in [0.29, 0.717) is 5.92 Å². The molecule has 0 N–H and O–H groups in total. The van der Waals surface area contributed by atoms with Gasteiger partial charge in [0.25, 0.3) is 0 Å². The maximum absolute atomic E-state index is 3.65. The van der Waals surface area contributed by atoms with E-state index in [0.717, 1.165) is 0 Å². The summed E-state index contributed by atoms with van der Waals surface area (Å²) in [7, 11) is 0. The van der Waals surface area contributed by atoms with Crippen LogP contribution in [-0.4, -0.2) is 3.21 Å². The van der Waals surface area contributed by atoms with Crippen molar-refractivity contribution in [2.24, 2.45) is 5.92 Å². The Morgan fingerprint density at radius 3 is 1.60 bits per heavy atom. The van der Waals surface area contributed by atoms with Crippen LogP contribution in [0.1, 0.15) is 81.5 Å². The van der Waals surface area contributed by atoms with Gasteiger partial charge in [0, 0.05) is 0 Å². The predicted octanol–water partition coefficient (Wildman–Crippen LogP) is 5.81. The monoisotopic (exact) mass is 710 g/mol. The second-order valence-corrected chi connectivity index (χ2v) is 12.9. The molecule has 0 amide bonds. The van der Waals surface area contributed by atoms with Crippen molar-refractivity contribution in [3.8, 4) is 0 Å². The molecule has 0 heterocycles. The van der Waals surface area contributed by atoms with Crippen molar-refractivity contribution in [3.63, 3.8) is 0 Å². The first-order valence-electron chi connectivity index (χ1n) is 16.0. The predicted molar refractivity (Wildman–Crippen MR) is 186 cm³/mol. The molecule has 1 aliphatic carbocycles. The van der Waals surface area contributed by atoms with E-state index in [-0.39, 0.29) is 24.8 Å². The van der Waals surface area contributed by atoms with Crippen molar-refractivity contribution < 1.29 is 49.0 Å². The summed E-state index contributed by atoms with van der Waals surface area (Å²) >= 11 is 1.46. The molecule has 3 heteroatoms. The summed E-state index contributed by atoms with van der Waals surface area (Å²) in [6.07, 6.45) is 13.7. The molecule has 1 unspecified atom stereocenters. The van der Waals surface area contributed by atoms with Gasteiger partial charge in [0.05, 0.1) is 0 Å². The maximum atomic E-state index is 3.65. The minimum absolute atomic E-state index is 0. The minimum atomic E-state index is 0. The van der Waals surface area contributed by atoms with Crippen LogP contribution in [0.2, 0.25) is 0 Å². The summed E-state index contributed by atoms with van der Waals surface area (Å²) in [6.45, 7) is 11.1. The van der Waals surface area contributed by atoms with Gasteiger partial charge in [-0.25, -0.2) is 5.57 Å². The molecule has 1 atom stereocenters. The second-order valence-electron chi connectivity index (χ2n) is 11.6. The number of halogens is 2. The third-order valence-corrected chi connectivity index (χ3v) is 9.33. The van der Waals surface area contributed by atoms with Crippen LogP contribution in [0.3, 0.4) is 0 Å². The van der Waals surface area contributed by atoms with E-state index >= 15 is 0 Å². The first-order chi connectivity index (χ1) is 20.9. The summed E-state index contributed by atoms with van der Waals surface area (Å²) in [4.78, 5) is 0. The first kappa shape index (κ1) is 38.7. The molecular weight excluding hydrogens is 667 g/mol. The van der Waals surface area contributed by atoms with Gasteiger partial charge in [0.1, 0.15) is 0 Å². The van der Waals surface area contributed by atoms with Gasteiger partial charge in [-0.1, -0.05) is 101 Å². The Balaban J connectivity index is 0.000000230. The van der Waals surface area contributed by atoms with Crippen LogP contribution in [0.25, 0.3) is 21.5 Å². The van der Waals surface area contributed by atoms with Gasteiger partial charge in [-0.2, -0.15) is 11.6 Å². The van der Waals surface area contributed by atoms with Gasteiger partial charge in [-0.15, -0.1) is 39.7 Å². The van der Waals surface area contributed by atoms with Crippen LogP contribution in [0.4, 0.5) is 0 Å². The fourth-order valence-corrected chi connectivity index (χ4v) is 6.61. The molecule has 0 bridgehead atoms. The van der Waals surface area contributed by atoms with Gasteiger partial charge in [0.15, 0.2) is 0 Å². The molecule has 0 saturated heterocycles. The molecule has 6 rings (SSSR count). The topological polar surface area (TPSA) is 0 Å². The Kier molecular flexibility index (Phi) is 17.2. The molecule has 5 aromatic carbocycles. The summed E-state index contributed by atoms with van der Waals surface area (Å²) in [5.41, 5.74) is 8.43. The first-order valence-corrected chi connectivity index (χ1v) is 17.3. The Labute approximate surface area is 299 Å². The summed E-state index contributed by atoms with van der Waals surface area (Å²) in [5.74, 6) is 0.628. The number of aryl methyl sites for hydroxylation is 2. The SMILES string of the molecule is CCCC1=[C-]C(CCC)C=C1CCC.Cc1ccc2c(c1)[cH-]c1cc(C)ccc12.[Cl-].[Cl-].[Zr+2]=[C](c1ccccc1)c1ccccc1. The molecule has 0 fully saturated rings. The molecule has 0 aliphatic heterocycles. The van der Waals surface area contributed by atoms with Crippen molar-refractivity contribution in [3.05, 3.63) is 149 Å². The second kappa shape index (κ2) is 19.9. The van der Waals surface area contributed by atoms with E-state index < -0.39 is 0 Å². The van der Waals surface area contributed by atoms with E-state index in [1.54, 1.807) is 5.57 Å². The average molecular weight is 713 g/mol. The standard InChI is InChI=1S/C15H13.C14H23.C13H10.2ClH.Zr/c1-10-3-5-14-12(7-10)9-13-8-11(2)4-6-15(13)14;1-4-7-12-10-13(8-5-2)14(11-12)9-6-3;1-3-7-12(8-4-1)11-13-9-5-2-6-10-13;;;/h3-9H,1-2H3;10,12H,4-9H2,1-3H3;1-10H;2*1H;/q2*-1;;;;+2/p-2. The summed E-state index contributed by atoms with van der Waals surface area (Å²) < 4.78 is 1.42. The van der Waals surface area contributed by atoms with Gasteiger partial charge in [-0.05, 0) is 13.8 Å². The van der Waals surface area contributed by atoms with Crippen molar-refractivity contribution >= 4 is 24.8 Å². The van der Waals surface area contributed by atoms with Gasteiger partial charge in [0.2, 0.25) is 0 Å².